The first-order valence-corrected chi connectivity index (χ1v) is 11.4. The highest BCUT2D eigenvalue weighted by molar-refractivity contribution is 7.19. The molecule has 0 bridgehead atoms. The number of anilines is 1. The van der Waals surface area contributed by atoms with Gasteiger partial charge in [0.1, 0.15) is 17.0 Å². The zero-order valence-corrected chi connectivity index (χ0v) is 17.3. The van der Waals surface area contributed by atoms with Crippen LogP contribution in [0.1, 0.15) is 27.8 Å². The first-order chi connectivity index (χ1) is 13.3. The smallest absolute Gasteiger partial charge is 0.138 e. The predicted molar refractivity (Wildman–Crippen MR) is 114 cm³/mol. The Morgan fingerprint density at radius 2 is 2.07 bits per heavy atom. The Balaban J connectivity index is 1.40. The molecule has 5 rings (SSSR count). The molecule has 142 valence electrons. The van der Waals surface area contributed by atoms with Gasteiger partial charge in [-0.15, -0.1) is 22.7 Å². The van der Waals surface area contributed by atoms with E-state index in [1.807, 2.05) is 22.7 Å². The number of likely N-dealkylation sites (N-methyl/N-ethyl adjacent to an activating group) is 1. The van der Waals surface area contributed by atoms with Crippen LogP contribution in [0.2, 0.25) is 0 Å². The maximum Gasteiger partial charge on any atom is 0.138 e. The second-order valence-electron chi connectivity index (χ2n) is 7.51. The molecule has 4 heterocycles. The van der Waals surface area contributed by atoms with Crippen LogP contribution in [0.25, 0.3) is 10.2 Å². The maximum atomic E-state index is 4.63. The molecule has 2 aliphatic rings. The number of fused-ring (bicyclic) bond motifs is 3. The summed E-state index contributed by atoms with van der Waals surface area (Å²) in [6, 6.07) is 4.83. The van der Waals surface area contributed by atoms with Crippen LogP contribution in [-0.2, 0) is 12.8 Å². The van der Waals surface area contributed by atoms with Crippen molar-refractivity contribution in [1.29, 1.82) is 0 Å². The van der Waals surface area contributed by atoms with Crippen molar-refractivity contribution in [2.45, 2.75) is 25.3 Å². The summed E-state index contributed by atoms with van der Waals surface area (Å²) in [6.07, 6.45) is 5.36. The Hall–Kier alpha value is -1.54. The third-order valence-electron chi connectivity index (χ3n) is 5.81. The van der Waals surface area contributed by atoms with Gasteiger partial charge in [0.05, 0.1) is 11.4 Å². The van der Waals surface area contributed by atoms with Crippen molar-refractivity contribution in [2.24, 2.45) is 0 Å². The number of rotatable bonds is 5. The minimum Gasteiger partial charge on any atom is -0.367 e. The summed E-state index contributed by atoms with van der Waals surface area (Å²) in [4.78, 5) is 18.3. The van der Waals surface area contributed by atoms with Crippen LogP contribution in [0.3, 0.4) is 0 Å². The molecule has 0 amide bonds. The fraction of sp³-hybridized carbons (Fsp3) is 0.500. The number of thiophene rings is 2. The van der Waals surface area contributed by atoms with Gasteiger partial charge in [-0.25, -0.2) is 9.97 Å². The van der Waals surface area contributed by atoms with Gasteiger partial charge >= 0.3 is 0 Å². The van der Waals surface area contributed by atoms with Crippen LogP contribution in [-0.4, -0.2) is 59.5 Å². The highest BCUT2D eigenvalue weighted by Crippen LogP contribution is 2.39. The van der Waals surface area contributed by atoms with E-state index in [-0.39, 0.29) is 0 Å². The molecule has 1 atom stereocenters. The molecular formula is C20H25N5S2. The fourth-order valence-electron chi connectivity index (χ4n) is 4.28. The first-order valence-electron chi connectivity index (χ1n) is 9.74. The van der Waals surface area contributed by atoms with Crippen LogP contribution in [0.4, 0.5) is 5.82 Å². The Morgan fingerprint density at radius 1 is 1.19 bits per heavy atom. The minimum absolute atomic E-state index is 0.399. The van der Waals surface area contributed by atoms with Gasteiger partial charge < -0.3 is 10.2 Å². The SMILES string of the molecule is CN1CCN(C(CNc2ncnc3sc4c(c23)CCC4)c2cccs2)CC1. The van der Waals surface area contributed by atoms with Gasteiger partial charge in [0.2, 0.25) is 0 Å². The predicted octanol–water partition coefficient (Wildman–Crippen LogP) is 3.64. The van der Waals surface area contributed by atoms with Crippen molar-refractivity contribution in [3.05, 3.63) is 39.2 Å². The second kappa shape index (κ2) is 7.47. The lowest BCUT2D eigenvalue weighted by Crippen LogP contribution is -2.47. The summed E-state index contributed by atoms with van der Waals surface area (Å²) in [5.41, 5.74) is 1.49. The molecule has 1 unspecified atom stereocenters. The first kappa shape index (κ1) is 17.6. The topological polar surface area (TPSA) is 44.3 Å². The van der Waals surface area contributed by atoms with E-state index >= 15 is 0 Å². The van der Waals surface area contributed by atoms with Gasteiger partial charge in [0.25, 0.3) is 0 Å². The number of aryl methyl sites for hydroxylation is 2. The molecule has 3 aromatic rings. The van der Waals surface area contributed by atoms with Gasteiger partial charge in [0, 0.05) is 42.5 Å². The molecular weight excluding hydrogens is 374 g/mol. The molecule has 0 saturated carbocycles. The van der Waals surface area contributed by atoms with Crippen molar-refractivity contribution in [3.63, 3.8) is 0 Å². The quantitative estimate of drug-likeness (QED) is 0.710. The van der Waals surface area contributed by atoms with Crippen molar-refractivity contribution < 1.29 is 0 Å². The molecule has 5 nitrogen and oxygen atoms in total. The summed E-state index contributed by atoms with van der Waals surface area (Å²) in [5.74, 6) is 1.02. The van der Waals surface area contributed by atoms with E-state index in [0.717, 1.165) is 43.4 Å². The molecule has 0 radical (unpaired) electrons. The Labute approximate surface area is 168 Å². The average molecular weight is 400 g/mol. The summed E-state index contributed by atoms with van der Waals surface area (Å²) in [7, 11) is 2.21. The molecule has 1 aliphatic carbocycles. The van der Waals surface area contributed by atoms with E-state index < -0.39 is 0 Å². The number of nitrogens with one attached hydrogen (secondary N) is 1. The largest absolute Gasteiger partial charge is 0.367 e. The van der Waals surface area contributed by atoms with Crippen LogP contribution in [0.5, 0.6) is 0 Å². The lowest BCUT2D eigenvalue weighted by atomic mass is 10.1. The highest BCUT2D eigenvalue weighted by atomic mass is 32.1. The van der Waals surface area contributed by atoms with E-state index in [4.69, 9.17) is 0 Å². The Bertz CT molecular complexity index is 912. The summed E-state index contributed by atoms with van der Waals surface area (Å²) in [5, 5.41) is 7.17. The summed E-state index contributed by atoms with van der Waals surface area (Å²) < 4.78 is 0. The molecule has 7 heteroatoms. The average Bonchev–Trinajstić information content (AvgIpc) is 3.40. The standard InChI is InChI=1S/C20H25N5S2/c1-24-7-9-25(10-8-24)15(17-6-3-11-26-17)12-21-19-18-14-4-2-5-16(14)27-20(18)23-13-22-19/h3,6,11,13,15H,2,4-5,7-10,12H2,1H3,(H,21,22,23). The van der Waals surface area contributed by atoms with Crippen LogP contribution >= 0.6 is 22.7 Å². The van der Waals surface area contributed by atoms with Crippen LogP contribution < -0.4 is 5.32 Å². The molecule has 1 N–H and O–H groups in total. The van der Waals surface area contributed by atoms with Gasteiger partial charge in [-0.2, -0.15) is 0 Å². The third kappa shape index (κ3) is 3.38. The Morgan fingerprint density at radius 3 is 2.89 bits per heavy atom. The molecule has 0 aromatic carbocycles. The van der Waals surface area contributed by atoms with E-state index in [1.54, 1.807) is 6.33 Å². The molecule has 27 heavy (non-hydrogen) atoms. The van der Waals surface area contributed by atoms with Gasteiger partial charge in [-0.3, -0.25) is 4.90 Å². The van der Waals surface area contributed by atoms with E-state index in [1.165, 1.54) is 40.0 Å². The van der Waals surface area contributed by atoms with E-state index in [0.29, 0.717) is 6.04 Å². The molecule has 3 aromatic heterocycles. The summed E-state index contributed by atoms with van der Waals surface area (Å²) >= 11 is 3.72. The Kier molecular flexibility index (Phi) is 4.85. The molecule has 0 spiro atoms. The van der Waals surface area contributed by atoms with Crippen LogP contribution in [0.15, 0.2) is 23.8 Å². The van der Waals surface area contributed by atoms with Crippen molar-refractivity contribution >= 4 is 38.7 Å². The van der Waals surface area contributed by atoms with Gasteiger partial charge in [0.15, 0.2) is 0 Å². The molecule has 1 aliphatic heterocycles. The van der Waals surface area contributed by atoms with Gasteiger partial charge in [-0.1, -0.05) is 6.07 Å². The lowest BCUT2D eigenvalue weighted by Gasteiger charge is -2.37. The monoisotopic (exact) mass is 399 g/mol. The zero-order valence-electron chi connectivity index (χ0n) is 15.6. The zero-order chi connectivity index (χ0) is 18.2. The highest BCUT2D eigenvalue weighted by Gasteiger charge is 2.26. The number of aromatic nitrogens is 2. The van der Waals surface area contributed by atoms with Crippen LogP contribution in [0, 0.1) is 0 Å². The third-order valence-corrected chi connectivity index (χ3v) is 7.99. The van der Waals surface area contributed by atoms with E-state index in [2.05, 4.69) is 49.6 Å². The molecule has 1 fully saturated rings. The van der Waals surface area contributed by atoms with Crippen molar-refractivity contribution in [3.8, 4) is 0 Å². The lowest BCUT2D eigenvalue weighted by molar-refractivity contribution is 0.118. The van der Waals surface area contributed by atoms with Crippen molar-refractivity contribution in [2.75, 3.05) is 45.1 Å². The number of hydrogen-bond acceptors (Lipinski definition) is 7. The van der Waals surface area contributed by atoms with E-state index in [9.17, 15) is 0 Å². The van der Waals surface area contributed by atoms with Gasteiger partial charge in [-0.05, 0) is 43.3 Å². The fourth-order valence-corrected chi connectivity index (χ4v) is 6.37. The molecule has 1 saturated heterocycles. The number of nitrogens with zero attached hydrogens (tertiary/aromatic N) is 4. The normalized spacial score (nSPS) is 19.4. The minimum atomic E-state index is 0.399. The maximum absolute atomic E-state index is 4.63. The number of piperazine rings is 1. The summed E-state index contributed by atoms with van der Waals surface area (Å²) in [6.45, 7) is 5.40. The van der Waals surface area contributed by atoms with Crippen molar-refractivity contribution in [1.82, 2.24) is 19.8 Å². The number of hydrogen-bond donors (Lipinski definition) is 1. The second-order valence-corrected chi connectivity index (χ2v) is 9.57.